The average molecular weight is 213 g/mol. The van der Waals surface area contributed by atoms with Crippen molar-refractivity contribution < 1.29 is 13.9 Å². The van der Waals surface area contributed by atoms with Gasteiger partial charge in [0.25, 0.3) is 0 Å². The Morgan fingerprint density at radius 1 is 1.71 bits per heavy atom. The molecule has 0 aromatic heterocycles. The molecular formula is C9H8FNO2S. The summed E-state index contributed by atoms with van der Waals surface area (Å²) >= 11 is 1.41. The van der Waals surface area contributed by atoms with Crippen LogP contribution in [0.2, 0.25) is 0 Å². The topological polar surface area (TPSA) is 38.7 Å². The molecule has 5 heteroatoms. The third-order valence-corrected chi connectivity index (χ3v) is 3.04. The van der Waals surface area contributed by atoms with E-state index in [1.807, 2.05) is 0 Å². The van der Waals surface area contributed by atoms with Gasteiger partial charge in [-0.3, -0.25) is 4.99 Å². The molecule has 0 fully saturated rings. The summed E-state index contributed by atoms with van der Waals surface area (Å²) in [6.45, 7) is 0. The van der Waals surface area contributed by atoms with Crippen molar-refractivity contribution in [1.29, 1.82) is 0 Å². The van der Waals surface area contributed by atoms with Crippen LogP contribution in [-0.4, -0.2) is 29.9 Å². The summed E-state index contributed by atoms with van der Waals surface area (Å²) < 4.78 is 17.9. The molecule has 2 aliphatic rings. The zero-order valence-electron chi connectivity index (χ0n) is 7.44. The zero-order chi connectivity index (χ0) is 10.1. The molecule has 2 rings (SSSR count). The van der Waals surface area contributed by atoms with Gasteiger partial charge in [-0.25, -0.2) is 9.18 Å². The number of carbonyl (C=O) groups is 1. The lowest BCUT2D eigenvalue weighted by atomic mass is 10.0. The quantitative estimate of drug-likeness (QED) is 0.619. The molecule has 0 aromatic carbocycles. The van der Waals surface area contributed by atoms with Gasteiger partial charge >= 0.3 is 5.97 Å². The van der Waals surface area contributed by atoms with Crippen LogP contribution in [0.4, 0.5) is 4.39 Å². The van der Waals surface area contributed by atoms with Crippen LogP contribution in [0.1, 0.15) is 0 Å². The van der Waals surface area contributed by atoms with E-state index < -0.39 is 12.0 Å². The van der Waals surface area contributed by atoms with Crippen LogP contribution in [0.25, 0.3) is 0 Å². The number of esters is 1. The number of methoxy groups -OCH3 is 1. The van der Waals surface area contributed by atoms with Crippen LogP contribution < -0.4 is 0 Å². The highest BCUT2D eigenvalue weighted by Crippen LogP contribution is 2.33. The summed E-state index contributed by atoms with van der Waals surface area (Å²) in [4.78, 5) is 15.1. The highest BCUT2D eigenvalue weighted by molar-refractivity contribution is 8.13. The van der Waals surface area contributed by atoms with Gasteiger partial charge in [0.05, 0.1) is 23.5 Å². The minimum atomic E-state index is -0.508. The summed E-state index contributed by atoms with van der Waals surface area (Å²) in [6, 6.07) is -0.451. The minimum Gasteiger partial charge on any atom is -0.465 e. The number of hydrogen-bond donors (Lipinski definition) is 0. The fourth-order valence-electron chi connectivity index (χ4n) is 1.39. The second-order valence-electron chi connectivity index (χ2n) is 2.94. The van der Waals surface area contributed by atoms with Crippen molar-refractivity contribution in [2.24, 2.45) is 4.99 Å². The van der Waals surface area contributed by atoms with Crippen molar-refractivity contribution in [3.63, 3.8) is 0 Å². The van der Waals surface area contributed by atoms with E-state index >= 15 is 0 Å². The first-order chi connectivity index (χ1) is 6.72. The van der Waals surface area contributed by atoms with E-state index in [-0.39, 0.29) is 16.6 Å². The predicted molar refractivity (Wildman–Crippen MR) is 52.9 cm³/mol. The highest BCUT2D eigenvalue weighted by Gasteiger charge is 2.32. The fourth-order valence-corrected chi connectivity index (χ4v) is 2.31. The first kappa shape index (κ1) is 9.45. The molecule has 74 valence electrons. The van der Waals surface area contributed by atoms with Crippen molar-refractivity contribution in [2.75, 3.05) is 7.11 Å². The number of rotatable bonds is 1. The smallest absolute Gasteiger partial charge is 0.337 e. The molecule has 0 radical (unpaired) electrons. The molecule has 2 unspecified atom stereocenters. The summed E-state index contributed by atoms with van der Waals surface area (Å²) in [7, 11) is 1.28. The van der Waals surface area contributed by atoms with Gasteiger partial charge in [0.1, 0.15) is 11.9 Å². The molecule has 3 nitrogen and oxygen atoms in total. The van der Waals surface area contributed by atoms with Crippen LogP contribution in [0.5, 0.6) is 0 Å². The minimum absolute atomic E-state index is 0.103. The van der Waals surface area contributed by atoms with Crippen molar-refractivity contribution in [1.82, 2.24) is 0 Å². The van der Waals surface area contributed by atoms with Crippen molar-refractivity contribution in [2.45, 2.75) is 11.3 Å². The molecule has 0 N–H and O–H groups in total. The highest BCUT2D eigenvalue weighted by atomic mass is 32.2. The first-order valence-corrected chi connectivity index (χ1v) is 5.01. The van der Waals surface area contributed by atoms with E-state index in [1.54, 1.807) is 11.6 Å². The van der Waals surface area contributed by atoms with Crippen molar-refractivity contribution >= 4 is 23.3 Å². The molecule has 0 amide bonds. The molecule has 1 heterocycles. The van der Waals surface area contributed by atoms with Crippen LogP contribution in [0, 0.1) is 0 Å². The first-order valence-electron chi connectivity index (χ1n) is 4.06. The summed E-state index contributed by atoms with van der Waals surface area (Å²) in [5.41, 5.74) is 1.88. The third kappa shape index (κ3) is 1.48. The number of hydrogen-bond acceptors (Lipinski definition) is 4. The SMILES string of the molecule is COC(=O)C1=CC2SC=NC2C(F)=C1. The van der Waals surface area contributed by atoms with E-state index in [0.29, 0.717) is 0 Å². The maximum atomic E-state index is 13.4. The van der Waals surface area contributed by atoms with Crippen molar-refractivity contribution in [3.8, 4) is 0 Å². The molecule has 0 saturated carbocycles. The average Bonchev–Trinajstić information content (AvgIpc) is 2.64. The summed E-state index contributed by atoms with van der Waals surface area (Å²) in [5, 5.41) is -0.103. The Bertz CT molecular complexity index is 362. The van der Waals surface area contributed by atoms with Gasteiger partial charge in [-0.05, 0) is 6.08 Å². The number of thioether (sulfide) groups is 1. The Balaban J connectivity index is 2.27. The van der Waals surface area contributed by atoms with Crippen LogP contribution in [0.3, 0.4) is 0 Å². The van der Waals surface area contributed by atoms with E-state index in [9.17, 15) is 9.18 Å². The van der Waals surface area contributed by atoms with E-state index in [4.69, 9.17) is 0 Å². The van der Waals surface area contributed by atoms with Gasteiger partial charge in [-0.15, -0.1) is 11.8 Å². The largest absolute Gasteiger partial charge is 0.465 e. The predicted octanol–water partition coefficient (Wildman–Crippen LogP) is 1.47. The number of ether oxygens (including phenoxy) is 1. The zero-order valence-corrected chi connectivity index (χ0v) is 8.25. The standard InChI is InChI=1S/C9H8FNO2S/c1-13-9(12)5-2-6(10)8-7(3-5)14-4-11-8/h2-4,7-8H,1H3. The van der Waals surface area contributed by atoms with Crippen LogP contribution >= 0.6 is 11.8 Å². The molecule has 1 aliphatic heterocycles. The second-order valence-corrected chi connectivity index (χ2v) is 3.97. The summed E-state index contributed by atoms with van der Waals surface area (Å²) in [5.74, 6) is -0.884. The van der Waals surface area contributed by atoms with Gasteiger partial charge in [-0.2, -0.15) is 0 Å². The molecule has 0 aromatic rings. The van der Waals surface area contributed by atoms with Gasteiger partial charge < -0.3 is 4.74 Å². The lowest BCUT2D eigenvalue weighted by Gasteiger charge is -2.17. The third-order valence-electron chi connectivity index (χ3n) is 2.09. The molecule has 0 spiro atoms. The number of carbonyl (C=O) groups excluding carboxylic acids is 1. The number of aliphatic imine (C=N–C) groups is 1. The molecule has 0 saturated heterocycles. The Kier molecular flexibility index (Phi) is 2.41. The van der Waals surface area contributed by atoms with Gasteiger partial charge in [-0.1, -0.05) is 6.08 Å². The lowest BCUT2D eigenvalue weighted by molar-refractivity contribution is -0.135. The maximum absolute atomic E-state index is 13.4. The number of nitrogens with zero attached hydrogens (tertiary/aromatic N) is 1. The lowest BCUT2D eigenvalue weighted by Crippen LogP contribution is -2.22. The van der Waals surface area contributed by atoms with Gasteiger partial charge in [0.15, 0.2) is 0 Å². The second kappa shape index (κ2) is 3.57. The van der Waals surface area contributed by atoms with Crippen LogP contribution in [0.15, 0.2) is 28.5 Å². The Hall–Kier alpha value is -1.10. The van der Waals surface area contributed by atoms with Crippen LogP contribution in [-0.2, 0) is 9.53 Å². The van der Waals surface area contributed by atoms with E-state index in [0.717, 1.165) is 0 Å². The van der Waals surface area contributed by atoms with E-state index in [1.165, 1.54) is 24.9 Å². The molecular weight excluding hydrogens is 205 g/mol. The number of halogens is 1. The number of fused-ring (bicyclic) bond motifs is 1. The molecule has 2 atom stereocenters. The Labute approximate surface area is 84.7 Å². The molecule has 0 bridgehead atoms. The normalized spacial score (nSPS) is 29.3. The van der Waals surface area contributed by atoms with Gasteiger partial charge in [0.2, 0.25) is 0 Å². The Morgan fingerprint density at radius 3 is 3.21 bits per heavy atom. The molecule has 14 heavy (non-hydrogen) atoms. The monoisotopic (exact) mass is 213 g/mol. The molecule has 1 aliphatic carbocycles. The van der Waals surface area contributed by atoms with E-state index in [2.05, 4.69) is 9.73 Å². The maximum Gasteiger partial charge on any atom is 0.337 e. The summed E-state index contributed by atoms with van der Waals surface area (Å²) in [6.07, 6.45) is 2.88. The fraction of sp³-hybridized carbons (Fsp3) is 0.333. The Morgan fingerprint density at radius 2 is 2.50 bits per heavy atom. The van der Waals surface area contributed by atoms with Gasteiger partial charge in [0, 0.05) is 0 Å². The van der Waals surface area contributed by atoms with Crippen molar-refractivity contribution in [3.05, 3.63) is 23.6 Å².